The number of carbonyl (C=O) groups excluding carboxylic acids is 1. The van der Waals surface area contributed by atoms with Gasteiger partial charge in [0.1, 0.15) is 11.4 Å². The van der Waals surface area contributed by atoms with Crippen molar-refractivity contribution in [1.29, 1.82) is 0 Å². The zero-order valence-corrected chi connectivity index (χ0v) is 22.9. The number of H-pyrrole nitrogens is 2. The average Bonchev–Trinajstić information content (AvgIpc) is 3.55. The van der Waals surface area contributed by atoms with Crippen LogP contribution in [0, 0.1) is 6.92 Å². The molecule has 8 heteroatoms. The fraction of sp³-hybridized carbons (Fsp3) is 0.333. The molecule has 0 spiro atoms. The highest BCUT2D eigenvalue weighted by Gasteiger charge is 2.16. The van der Waals surface area contributed by atoms with Gasteiger partial charge in [0.15, 0.2) is 5.82 Å². The second kappa shape index (κ2) is 12.5. The van der Waals surface area contributed by atoms with E-state index in [1.54, 1.807) is 6.20 Å². The quantitative estimate of drug-likeness (QED) is 0.189. The average molecular weight is 512 g/mol. The SMILES string of the molecule is CCNCc1cncc(-c2ccc3[nH]nc(-c4ncc(C(=O)NCC=C(C)CCC=C(C)C)[nH]4)c3c2)c1C. The zero-order chi connectivity index (χ0) is 27.1. The number of benzene rings is 1. The molecule has 0 saturated carbocycles. The molecule has 8 nitrogen and oxygen atoms in total. The molecule has 0 saturated heterocycles. The largest absolute Gasteiger partial charge is 0.347 e. The number of pyridine rings is 1. The first-order valence-corrected chi connectivity index (χ1v) is 13.1. The summed E-state index contributed by atoms with van der Waals surface area (Å²) in [5, 5.41) is 14.8. The van der Waals surface area contributed by atoms with Gasteiger partial charge in [0.05, 0.1) is 11.7 Å². The Morgan fingerprint density at radius 2 is 1.95 bits per heavy atom. The lowest BCUT2D eigenvalue weighted by Gasteiger charge is -2.11. The third-order valence-electron chi connectivity index (χ3n) is 6.61. The lowest BCUT2D eigenvalue weighted by molar-refractivity contribution is 0.0953. The summed E-state index contributed by atoms with van der Waals surface area (Å²) < 4.78 is 0. The van der Waals surface area contributed by atoms with E-state index in [1.807, 2.05) is 18.5 Å². The molecule has 0 aliphatic carbocycles. The standard InChI is InChI=1S/C30H37N7O/c1-6-31-15-23-16-32-17-25(21(23)5)22-10-11-26-24(14-22)28(37-36-26)29-34-18-27(35-29)30(38)33-13-12-20(4)9-7-8-19(2)3/h8,10-12,14,16-18,31H,6-7,9,13,15H2,1-5H3,(H,33,38)(H,34,35)(H,36,37). The summed E-state index contributed by atoms with van der Waals surface area (Å²) >= 11 is 0. The lowest BCUT2D eigenvalue weighted by atomic mass is 9.98. The minimum Gasteiger partial charge on any atom is -0.347 e. The van der Waals surface area contributed by atoms with Gasteiger partial charge < -0.3 is 15.6 Å². The molecule has 4 N–H and O–H groups in total. The molecule has 1 aromatic carbocycles. The van der Waals surface area contributed by atoms with Crippen LogP contribution in [-0.2, 0) is 6.54 Å². The molecular weight excluding hydrogens is 474 g/mol. The third kappa shape index (κ3) is 6.44. The van der Waals surface area contributed by atoms with Gasteiger partial charge in [-0.3, -0.25) is 14.9 Å². The Kier molecular flexibility index (Phi) is 8.86. The fourth-order valence-corrected chi connectivity index (χ4v) is 4.32. The predicted molar refractivity (Wildman–Crippen MR) is 154 cm³/mol. The summed E-state index contributed by atoms with van der Waals surface area (Å²) in [7, 11) is 0. The van der Waals surface area contributed by atoms with E-state index in [0.717, 1.165) is 48.0 Å². The minimum absolute atomic E-state index is 0.197. The van der Waals surface area contributed by atoms with Crippen molar-refractivity contribution in [3.63, 3.8) is 0 Å². The molecule has 0 atom stereocenters. The number of aromatic nitrogens is 5. The van der Waals surface area contributed by atoms with Crippen molar-refractivity contribution in [2.45, 2.75) is 54.0 Å². The monoisotopic (exact) mass is 511 g/mol. The van der Waals surface area contributed by atoms with Crippen molar-refractivity contribution in [3.8, 4) is 22.6 Å². The molecule has 0 bridgehead atoms. The number of aromatic amines is 2. The smallest absolute Gasteiger partial charge is 0.269 e. The molecule has 0 unspecified atom stereocenters. The van der Waals surface area contributed by atoms with Gasteiger partial charge in [-0.25, -0.2) is 4.98 Å². The number of hydrogen-bond donors (Lipinski definition) is 4. The number of rotatable bonds is 11. The maximum Gasteiger partial charge on any atom is 0.269 e. The first-order valence-electron chi connectivity index (χ1n) is 13.1. The van der Waals surface area contributed by atoms with E-state index in [2.05, 4.69) is 94.7 Å². The Hall–Kier alpha value is -4.04. The van der Waals surface area contributed by atoms with Crippen molar-refractivity contribution in [2.75, 3.05) is 13.1 Å². The Bertz CT molecular complexity index is 1470. The van der Waals surface area contributed by atoms with Crippen molar-refractivity contribution >= 4 is 16.8 Å². The second-order valence-electron chi connectivity index (χ2n) is 9.81. The summed E-state index contributed by atoms with van der Waals surface area (Å²) in [4.78, 5) is 24.8. The highest BCUT2D eigenvalue weighted by atomic mass is 16.1. The van der Waals surface area contributed by atoms with Gasteiger partial charge in [0.2, 0.25) is 0 Å². The van der Waals surface area contributed by atoms with Crippen LogP contribution in [0.3, 0.4) is 0 Å². The number of fused-ring (bicyclic) bond motifs is 1. The summed E-state index contributed by atoms with van der Waals surface area (Å²) in [6.45, 7) is 12.7. The molecule has 0 fully saturated rings. The van der Waals surface area contributed by atoms with Crippen LogP contribution in [0.25, 0.3) is 33.5 Å². The molecule has 0 radical (unpaired) electrons. The molecule has 4 aromatic rings. The van der Waals surface area contributed by atoms with Gasteiger partial charge in [-0.2, -0.15) is 5.10 Å². The Balaban J connectivity index is 1.50. The lowest BCUT2D eigenvalue weighted by Crippen LogP contribution is -2.23. The minimum atomic E-state index is -0.197. The highest BCUT2D eigenvalue weighted by molar-refractivity contribution is 5.96. The first kappa shape index (κ1) is 27.0. The van der Waals surface area contributed by atoms with Gasteiger partial charge in [0.25, 0.3) is 5.91 Å². The maximum atomic E-state index is 12.7. The summed E-state index contributed by atoms with van der Waals surface area (Å²) in [5.41, 5.74) is 9.06. The molecule has 198 valence electrons. The first-order chi connectivity index (χ1) is 18.4. The number of hydrogen-bond acceptors (Lipinski definition) is 5. The fourth-order valence-electron chi connectivity index (χ4n) is 4.32. The molecule has 1 amide bonds. The normalized spacial score (nSPS) is 11.7. The van der Waals surface area contributed by atoms with Crippen LogP contribution in [-0.4, -0.2) is 44.1 Å². The van der Waals surface area contributed by atoms with Gasteiger partial charge in [-0.05, 0) is 75.9 Å². The van der Waals surface area contributed by atoms with Gasteiger partial charge in [-0.1, -0.05) is 36.3 Å². The van der Waals surface area contributed by atoms with Crippen LogP contribution < -0.4 is 10.6 Å². The van der Waals surface area contributed by atoms with Crippen molar-refractivity contribution in [2.24, 2.45) is 0 Å². The molecule has 4 rings (SSSR count). The van der Waals surface area contributed by atoms with E-state index in [0.29, 0.717) is 23.8 Å². The van der Waals surface area contributed by atoms with Crippen molar-refractivity contribution < 1.29 is 4.79 Å². The second-order valence-corrected chi connectivity index (χ2v) is 9.81. The van der Waals surface area contributed by atoms with Crippen molar-refractivity contribution in [3.05, 3.63) is 76.9 Å². The Morgan fingerprint density at radius 1 is 1.11 bits per heavy atom. The topological polar surface area (TPSA) is 111 Å². The van der Waals surface area contributed by atoms with E-state index in [9.17, 15) is 4.79 Å². The number of allylic oxidation sites excluding steroid dienone is 3. The van der Waals surface area contributed by atoms with Crippen LogP contribution in [0.1, 0.15) is 62.2 Å². The third-order valence-corrected chi connectivity index (χ3v) is 6.61. The van der Waals surface area contributed by atoms with Gasteiger partial charge in [0, 0.05) is 36.4 Å². The van der Waals surface area contributed by atoms with Crippen molar-refractivity contribution in [1.82, 2.24) is 35.8 Å². The van der Waals surface area contributed by atoms with Crippen LogP contribution in [0.15, 0.2) is 60.1 Å². The molecule has 38 heavy (non-hydrogen) atoms. The number of carbonyl (C=O) groups is 1. The molecule has 3 aromatic heterocycles. The van der Waals surface area contributed by atoms with E-state index < -0.39 is 0 Å². The Morgan fingerprint density at radius 3 is 2.74 bits per heavy atom. The summed E-state index contributed by atoms with van der Waals surface area (Å²) in [6.07, 6.45) is 11.7. The van der Waals surface area contributed by atoms with E-state index in [1.165, 1.54) is 22.3 Å². The van der Waals surface area contributed by atoms with E-state index in [4.69, 9.17) is 0 Å². The molecule has 0 aliphatic heterocycles. The van der Waals surface area contributed by atoms with Crippen LogP contribution >= 0.6 is 0 Å². The zero-order valence-electron chi connectivity index (χ0n) is 22.9. The predicted octanol–water partition coefficient (Wildman–Crippen LogP) is 5.86. The molecular formula is C30H37N7O. The van der Waals surface area contributed by atoms with Crippen LogP contribution in [0.4, 0.5) is 0 Å². The van der Waals surface area contributed by atoms with Crippen LogP contribution in [0.2, 0.25) is 0 Å². The summed E-state index contributed by atoms with van der Waals surface area (Å²) in [6, 6.07) is 6.18. The number of nitrogens with zero attached hydrogens (tertiary/aromatic N) is 3. The van der Waals surface area contributed by atoms with E-state index >= 15 is 0 Å². The number of imidazole rings is 1. The van der Waals surface area contributed by atoms with Crippen LogP contribution in [0.5, 0.6) is 0 Å². The number of nitrogens with one attached hydrogen (secondary N) is 4. The van der Waals surface area contributed by atoms with E-state index in [-0.39, 0.29) is 5.91 Å². The molecule has 0 aliphatic rings. The number of amides is 1. The summed E-state index contributed by atoms with van der Waals surface area (Å²) in [5.74, 6) is 0.347. The maximum absolute atomic E-state index is 12.7. The van der Waals surface area contributed by atoms with Gasteiger partial charge in [-0.15, -0.1) is 0 Å². The molecule has 3 heterocycles. The Labute approximate surface area is 224 Å². The van der Waals surface area contributed by atoms with Gasteiger partial charge >= 0.3 is 0 Å². The highest BCUT2D eigenvalue weighted by Crippen LogP contribution is 2.31.